The molecule has 0 aliphatic rings. The molecule has 0 aromatic heterocycles. The minimum atomic E-state index is 0.278. The molecule has 0 saturated carbocycles. The molecule has 0 atom stereocenters. The van der Waals surface area contributed by atoms with E-state index in [1.165, 1.54) is 12.8 Å². The van der Waals surface area contributed by atoms with E-state index in [2.05, 4.69) is 6.92 Å². The van der Waals surface area contributed by atoms with Crippen LogP contribution in [0.5, 0.6) is 0 Å². The zero-order valence-electron chi connectivity index (χ0n) is 7.60. The van der Waals surface area contributed by atoms with Crippen molar-refractivity contribution in [3.63, 3.8) is 0 Å². The van der Waals surface area contributed by atoms with Gasteiger partial charge in [0.15, 0.2) is 5.78 Å². The normalized spacial score (nSPS) is 10.7. The molecule has 0 radical (unpaired) electrons. The van der Waals surface area contributed by atoms with Crippen molar-refractivity contribution in [2.45, 2.75) is 46.0 Å². The van der Waals surface area contributed by atoms with E-state index in [1.807, 2.05) is 13.0 Å². The monoisotopic (exact) mass is 154 g/mol. The number of hydrogen-bond donors (Lipinski definition) is 0. The van der Waals surface area contributed by atoms with Crippen LogP contribution >= 0.6 is 0 Å². The van der Waals surface area contributed by atoms with Crippen molar-refractivity contribution >= 4 is 5.78 Å². The fraction of sp³-hybridized carbons (Fsp3) is 0.700. The fourth-order valence-corrected chi connectivity index (χ4v) is 0.882. The number of unbranched alkanes of at least 4 members (excludes halogenated alkanes) is 2. The third kappa shape index (κ3) is 7.31. The van der Waals surface area contributed by atoms with Gasteiger partial charge in [-0.15, -0.1) is 0 Å². The second kappa shape index (κ2) is 7.52. The molecule has 0 rings (SSSR count). The van der Waals surface area contributed by atoms with E-state index in [9.17, 15) is 4.79 Å². The second-order valence-corrected chi connectivity index (χ2v) is 2.73. The van der Waals surface area contributed by atoms with Crippen molar-refractivity contribution in [2.75, 3.05) is 0 Å². The maximum absolute atomic E-state index is 11.0. The van der Waals surface area contributed by atoms with Crippen molar-refractivity contribution in [1.29, 1.82) is 0 Å². The topological polar surface area (TPSA) is 17.1 Å². The summed E-state index contributed by atoms with van der Waals surface area (Å²) < 4.78 is 0. The van der Waals surface area contributed by atoms with Gasteiger partial charge in [0, 0.05) is 6.42 Å². The van der Waals surface area contributed by atoms with E-state index >= 15 is 0 Å². The van der Waals surface area contributed by atoms with E-state index in [0.29, 0.717) is 0 Å². The van der Waals surface area contributed by atoms with Crippen LogP contribution < -0.4 is 0 Å². The first-order chi connectivity index (χ1) is 5.31. The van der Waals surface area contributed by atoms with Crippen molar-refractivity contribution < 1.29 is 4.79 Å². The Bertz CT molecular complexity index is 125. The molecule has 0 saturated heterocycles. The number of carbonyl (C=O) groups is 1. The molecule has 0 amide bonds. The largest absolute Gasteiger partial charge is 0.295 e. The molecule has 0 heterocycles. The Morgan fingerprint density at radius 3 is 2.55 bits per heavy atom. The maximum atomic E-state index is 11.0. The summed E-state index contributed by atoms with van der Waals surface area (Å²) in [5.41, 5.74) is 0. The summed E-state index contributed by atoms with van der Waals surface area (Å²) in [6.45, 7) is 4.18. The Morgan fingerprint density at radius 1 is 1.27 bits per heavy atom. The zero-order valence-corrected chi connectivity index (χ0v) is 7.60. The lowest BCUT2D eigenvalue weighted by Crippen LogP contribution is -1.91. The van der Waals surface area contributed by atoms with E-state index in [0.717, 1.165) is 19.3 Å². The summed E-state index contributed by atoms with van der Waals surface area (Å²) in [5, 5.41) is 0. The number of allylic oxidation sites excluding steroid dienone is 2. The molecule has 1 heteroatoms. The van der Waals surface area contributed by atoms with Crippen LogP contribution in [0, 0.1) is 0 Å². The molecule has 0 unspecified atom stereocenters. The van der Waals surface area contributed by atoms with Crippen LogP contribution in [0.25, 0.3) is 0 Å². The van der Waals surface area contributed by atoms with Crippen molar-refractivity contribution in [3.8, 4) is 0 Å². The molecular weight excluding hydrogens is 136 g/mol. The average Bonchev–Trinajstić information content (AvgIpc) is 2.01. The molecule has 0 bridgehead atoms. The molecule has 0 fully saturated rings. The summed E-state index contributed by atoms with van der Waals surface area (Å²) in [5.74, 6) is 0.278. The van der Waals surface area contributed by atoms with Gasteiger partial charge in [0.05, 0.1) is 0 Å². The molecular formula is C10H18O. The Kier molecular flexibility index (Phi) is 7.11. The smallest absolute Gasteiger partial charge is 0.155 e. The van der Waals surface area contributed by atoms with E-state index < -0.39 is 0 Å². The summed E-state index contributed by atoms with van der Waals surface area (Å²) in [7, 11) is 0. The lowest BCUT2D eigenvalue weighted by Gasteiger charge is -1.92. The first-order valence-electron chi connectivity index (χ1n) is 4.50. The van der Waals surface area contributed by atoms with Gasteiger partial charge in [-0.25, -0.2) is 0 Å². The number of rotatable bonds is 6. The number of ketones is 1. The van der Waals surface area contributed by atoms with Crippen LogP contribution in [0.4, 0.5) is 0 Å². The minimum absolute atomic E-state index is 0.278. The third-order valence-corrected chi connectivity index (χ3v) is 1.57. The lowest BCUT2D eigenvalue weighted by molar-refractivity contribution is -0.114. The van der Waals surface area contributed by atoms with E-state index in [-0.39, 0.29) is 5.78 Å². The SMILES string of the molecule is CC/C=C\C(=O)CCCCC. The fourth-order valence-electron chi connectivity index (χ4n) is 0.882. The van der Waals surface area contributed by atoms with Gasteiger partial charge in [-0.3, -0.25) is 4.79 Å². The zero-order chi connectivity index (χ0) is 8.53. The predicted octanol–water partition coefficient (Wildman–Crippen LogP) is 3.10. The Labute approximate surface area is 69.5 Å². The molecule has 1 nitrogen and oxygen atoms in total. The Balaban J connectivity index is 3.30. The van der Waals surface area contributed by atoms with Gasteiger partial charge in [-0.1, -0.05) is 32.8 Å². The Morgan fingerprint density at radius 2 is 2.00 bits per heavy atom. The number of carbonyl (C=O) groups excluding carboxylic acids is 1. The van der Waals surface area contributed by atoms with Crippen molar-refractivity contribution in [3.05, 3.63) is 12.2 Å². The standard InChI is InChI=1S/C10H18O/c1-3-5-7-9-10(11)8-6-4-2/h6,8H,3-5,7,9H2,1-2H3/b8-6-. The van der Waals surface area contributed by atoms with E-state index in [4.69, 9.17) is 0 Å². The molecule has 0 aromatic carbocycles. The molecule has 0 N–H and O–H groups in total. The first kappa shape index (κ1) is 10.4. The van der Waals surface area contributed by atoms with E-state index in [1.54, 1.807) is 6.08 Å². The van der Waals surface area contributed by atoms with Gasteiger partial charge in [-0.2, -0.15) is 0 Å². The van der Waals surface area contributed by atoms with Crippen LogP contribution in [0.1, 0.15) is 46.0 Å². The van der Waals surface area contributed by atoms with Gasteiger partial charge >= 0.3 is 0 Å². The highest BCUT2D eigenvalue weighted by Crippen LogP contribution is 2.00. The average molecular weight is 154 g/mol. The highest BCUT2D eigenvalue weighted by molar-refractivity contribution is 5.89. The summed E-state index contributed by atoms with van der Waals surface area (Å²) in [4.78, 5) is 11.0. The van der Waals surface area contributed by atoms with Crippen LogP contribution in [0.15, 0.2) is 12.2 Å². The van der Waals surface area contributed by atoms with Crippen molar-refractivity contribution in [2.24, 2.45) is 0 Å². The highest BCUT2D eigenvalue weighted by Gasteiger charge is 1.93. The van der Waals surface area contributed by atoms with Crippen LogP contribution in [0.3, 0.4) is 0 Å². The molecule has 64 valence electrons. The van der Waals surface area contributed by atoms with Gasteiger partial charge in [0.2, 0.25) is 0 Å². The molecule has 0 aromatic rings. The molecule has 0 aliphatic heterocycles. The quantitative estimate of drug-likeness (QED) is 0.424. The van der Waals surface area contributed by atoms with Crippen LogP contribution in [-0.4, -0.2) is 5.78 Å². The molecule has 0 aliphatic carbocycles. The third-order valence-electron chi connectivity index (χ3n) is 1.57. The molecule has 0 spiro atoms. The van der Waals surface area contributed by atoms with Crippen LogP contribution in [-0.2, 0) is 4.79 Å². The van der Waals surface area contributed by atoms with Gasteiger partial charge < -0.3 is 0 Å². The summed E-state index contributed by atoms with van der Waals surface area (Å²) >= 11 is 0. The first-order valence-corrected chi connectivity index (χ1v) is 4.50. The second-order valence-electron chi connectivity index (χ2n) is 2.73. The summed E-state index contributed by atoms with van der Waals surface area (Å²) in [6, 6.07) is 0. The predicted molar refractivity (Wildman–Crippen MR) is 48.6 cm³/mol. The Hall–Kier alpha value is -0.590. The minimum Gasteiger partial charge on any atom is -0.295 e. The summed E-state index contributed by atoms with van der Waals surface area (Å²) in [6.07, 6.45) is 8.72. The maximum Gasteiger partial charge on any atom is 0.155 e. The van der Waals surface area contributed by atoms with Crippen LogP contribution in [0.2, 0.25) is 0 Å². The van der Waals surface area contributed by atoms with Crippen molar-refractivity contribution in [1.82, 2.24) is 0 Å². The highest BCUT2D eigenvalue weighted by atomic mass is 16.1. The van der Waals surface area contributed by atoms with Gasteiger partial charge in [0.1, 0.15) is 0 Å². The molecule has 11 heavy (non-hydrogen) atoms. The lowest BCUT2D eigenvalue weighted by atomic mass is 10.1. The van der Waals surface area contributed by atoms with Gasteiger partial charge in [-0.05, 0) is 18.9 Å². The van der Waals surface area contributed by atoms with Gasteiger partial charge in [0.25, 0.3) is 0 Å². The number of hydrogen-bond acceptors (Lipinski definition) is 1.